The molecular formula is C19H21FO6. The largest absolute Gasteiger partial charge is 0.493 e. The molecule has 0 aliphatic heterocycles. The molecular weight excluding hydrogens is 343 g/mol. The van der Waals surface area contributed by atoms with Crippen molar-refractivity contribution in [2.45, 2.75) is 18.9 Å². The second-order valence-corrected chi connectivity index (χ2v) is 5.61. The number of rotatable bonds is 9. The maximum Gasteiger partial charge on any atom is 0.341 e. The molecule has 1 atom stereocenters. The Labute approximate surface area is 150 Å². The van der Waals surface area contributed by atoms with Crippen LogP contribution in [0, 0.1) is 5.82 Å². The number of carboxylic acids is 1. The molecule has 2 aromatic carbocycles. The van der Waals surface area contributed by atoms with E-state index in [-0.39, 0.29) is 17.7 Å². The highest BCUT2D eigenvalue weighted by atomic mass is 19.1. The first-order valence-electron chi connectivity index (χ1n) is 7.97. The molecule has 6 nitrogen and oxygen atoms in total. The number of aliphatic carboxylic acids is 1. The van der Waals surface area contributed by atoms with Crippen LogP contribution in [-0.2, 0) is 11.2 Å². The van der Waals surface area contributed by atoms with Gasteiger partial charge in [0.25, 0.3) is 0 Å². The summed E-state index contributed by atoms with van der Waals surface area (Å²) >= 11 is 0. The average Bonchev–Trinajstić information content (AvgIpc) is 2.65. The van der Waals surface area contributed by atoms with Crippen molar-refractivity contribution >= 4 is 5.97 Å². The molecule has 0 aromatic heterocycles. The lowest BCUT2D eigenvalue weighted by Crippen LogP contribution is -2.10. The number of methoxy groups -OCH3 is 2. The highest BCUT2D eigenvalue weighted by Gasteiger charge is 2.15. The zero-order chi connectivity index (χ0) is 19.1. The summed E-state index contributed by atoms with van der Waals surface area (Å²) in [7, 11) is 3.08. The van der Waals surface area contributed by atoms with Crippen LogP contribution in [0.5, 0.6) is 17.2 Å². The molecule has 2 N–H and O–H groups in total. The van der Waals surface area contributed by atoms with Gasteiger partial charge >= 0.3 is 5.97 Å². The Bertz CT molecular complexity index is 762. The van der Waals surface area contributed by atoms with Crippen molar-refractivity contribution in [3.8, 4) is 17.2 Å². The van der Waals surface area contributed by atoms with Crippen LogP contribution in [0.4, 0.5) is 4.39 Å². The van der Waals surface area contributed by atoms with E-state index in [4.69, 9.17) is 19.3 Å². The molecule has 2 rings (SSSR count). The minimum Gasteiger partial charge on any atom is -0.493 e. The number of hydrogen-bond acceptors (Lipinski definition) is 5. The number of halogens is 1. The number of hydrogen-bond donors (Lipinski definition) is 2. The Kier molecular flexibility index (Phi) is 6.80. The molecule has 0 fully saturated rings. The lowest BCUT2D eigenvalue weighted by molar-refractivity contribution is -0.139. The van der Waals surface area contributed by atoms with Gasteiger partial charge in [0.05, 0.1) is 20.3 Å². The van der Waals surface area contributed by atoms with Gasteiger partial charge in [-0.2, -0.15) is 0 Å². The monoisotopic (exact) mass is 364 g/mol. The first-order chi connectivity index (χ1) is 12.4. The molecule has 0 unspecified atom stereocenters. The lowest BCUT2D eigenvalue weighted by Gasteiger charge is -2.14. The van der Waals surface area contributed by atoms with Gasteiger partial charge in [0, 0.05) is 5.56 Å². The van der Waals surface area contributed by atoms with Crippen molar-refractivity contribution in [1.82, 2.24) is 0 Å². The number of benzene rings is 2. The van der Waals surface area contributed by atoms with Crippen molar-refractivity contribution in [2.24, 2.45) is 0 Å². The molecule has 0 heterocycles. The predicted octanol–water partition coefficient (Wildman–Crippen LogP) is 2.97. The zero-order valence-electron chi connectivity index (χ0n) is 14.6. The fourth-order valence-electron chi connectivity index (χ4n) is 2.51. The molecule has 0 saturated heterocycles. The minimum absolute atomic E-state index is 0.0633. The van der Waals surface area contributed by atoms with Gasteiger partial charge < -0.3 is 24.4 Å². The van der Waals surface area contributed by atoms with Crippen LogP contribution in [0.1, 0.15) is 23.7 Å². The molecule has 26 heavy (non-hydrogen) atoms. The van der Waals surface area contributed by atoms with E-state index in [9.17, 15) is 14.3 Å². The molecule has 0 radical (unpaired) electrons. The molecule has 0 aliphatic carbocycles. The smallest absolute Gasteiger partial charge is 0.341 e. The molecule has 0 bridgehead atoms. The maximum absolute atomic E-state index is 14.0. The van der Waals surface area contributed by atoms with Gasteiger partial charge in [0.1, 0.15) is 11.6 Å². The number of ether oxygens (including phenoxy) is 3. The maximum atomic E-state index is 14.0. The van der Waals surface area contributed by atoms with Crippen LogP contribution < -0.4 is 14.2 Å². The average molecular weight is 364 g/mol. The van der Waals surface area contributed by atoms with Gasteiger partial charge in [-0.15, -0.1) is 0 Å². The number of carboxylic acid groups (broad SMARTS) is 1. The van der Waals surface area contributed by atoms with E-state index in [1.54, 1.807) is 19.2 Å². The van der Waals surface area contributed by atoms with E-state index in [2.05, 4.69) is 0 Å². The van der Waals surface area contributed by atoms with Gasteiger partial charge in [-0.3, -0.25) is 0 Å². The topological polar surface area (TPSA) is 85.2 Å². The van der Waals surface area contributed by atoms with Gasteiger partial charge in [-0.1, -0.05) is 6.07 Å². The molecule has 2 aromatic rings. The minimum atomic E-state index is -1.13. The Hall–Kier alpha value is -2.80. The quantitative estimate of drug-likeness (QED) is 0.712. The summed E-state index contributed by atoms with van der Waals surface area (Å²) in [5.74, 6) is -0.341. The number of aliphatic hydroxyl groups is 1. The summed E-state index contributed by atoms with van der Waals surface area (Å²) in [6.45, 7) is -0.535. The molecule has 0 saturated carbocycles. The number of carbonyl (C=O) groups is 1. The van der Waals surface area contributed by atoms with Crippen LogP contribution in [0.2, 0.25) is 0 Å². The highest BCUT2D eigenvalue weighted by Crippen LogP contribution is 2.30. The van der Waals surface area contributed by atoms with E-state index in [1.165, 1.54) is 19.2 Å². The van der Waals surface area contributed by atoms with Crippen LogP contribution in [0.25, 0.3) is 0 Å². The van der Waals surface area contributed by atoms with E-state index >= 15 is 0 Å². The second-order valence-electron chi connectivity index (χ2n) is 5.61. The Morgan fingerprint density at radius 3 is 2.50 bits per heavy atom. The predicted molar refractivity (Wildman–Crippen MR) is 92.4 cm³/mol. The summed E-state index contributed by atoms with van der Waals surface area (Å²) < 4.78 is 29.4. The molecule has 0 spiro atoms. The van der Waals surface area contributed by atoms with Crippen LogP contribution >= 0.6 is 0 Å². The molecule has 7 heteroatoms. The SMILES string of the molecule is COc1ccc(CC[C@@H](O)c2cc(OCC(=O)O)ccc2F)cc1OC. The lowest BCUT2D eigenvalue weighted by atomic mass is 10.0. The van der Waals surface area contributed by atoms with E-state index < -0.39 is 24.5 Å². The van der Waals surface area contributed by atoms with E-state index in [0.717, 1.165) is 11.6 Å². The molecule has 0 aliphatic rings. The molecule has 0 amide bonds. The summed E-state index contributed by atoms with van der Waals surface area (Å²) in [6.07, 6.45) is -0.299. The van der Waals surface area contributed by atoms with Crippen molar-refractivity contribution in [3.63, 3.8) is 0 Å². The molecule has 140 valence electrons. The van der Waals surface area contributed by atoms with Crippen LogP contribution in [0.3, 0.4) is 0 Å². The number of aryl methyl sites for hydroxylation is 1. The van der Waals surface area contributed by atoms with Crippen molar-refractivity contribution < 1.29 is 33.6 Å². The summed E-state index contributed by atoms with van der Waals surface area (Å²) in [4.78, 5) is 10.5. The third-order valence-corrected chi connectivity index (χ3v) is 3.84. The summed E-state index contributed by atoms with van der Waals surface area (Å²) in [5, 5.41) is 19.0. The van der Waals surface area contributed by atoms with Crippen LogP contribution in [0.15, 0.2) is 36.4 Å². The third-order valence-electron chi connectivity index (χ3n) is 3.84. The third kappa shape index (κ3) is 5.10. The van der Waals surface area contributed by atoms with Crippen molar-refractivity contribution in [3.05, 3.63) is 53.3 Å². The van der Waals surface area contributed by atoms with E-state index in [1.807, 2.05) is 6.07 Å². The highest BCUT2D eigenvalue weighted by molar-refractivity contribution is 5.68. The first kappa shape index (κ1) is 19.5. The fraction of sp³-hybridized carbons (Fsp3) is 0.316. The summed E-state index contributed by atoms with van der Waals surface area (Å²) in [5.41, 5.74) is 0.966. The van der Waals surface area contributed by atoms with Gasteiger partial charge in [0.15, 0.2) is 18.1 Å². The first-order valence-corrected chi connectivity index (χ1v) is 7.97. The van der Waals surface area contributed by atoms with Gasteiger partial charge in [0.2, 0.25) is 0 Å². The Balaban J connectivity index is 2.06. The van der Waals surface area contributed by atoms with E-state index in [0.29, 0.717) is 17.9 Å². The van der Waals surface area contributed by atoms with Gasteiger partial charge in [-0.25, -0.2) is 9.18 Å². The van der Waals surface area contributed by atoms with Crippen molar-refractivity contribution in [1.29, 1.82) is 0 Å². The number of aliphatic hydroxyl groups excluding tert-OH is 1. The Morgan fingerprint density at radius 2 is 1.85 bits per heavy atom. The zero-order valence-corrected chi connectivity index (χ0v) is 14.6. The van der Waals surface area contributed by atoms with Crippen LogP contribution in [-0.4, -0.2) is 37.0 Å². The van der Waals surface area contributed by atoms with Crippen molar-refractivity contribution in [2.75, 3.05) is 20.8 Å². The standard InChI is InChI=1S/C19H21FO6/c1-24-17-8-4-12(9-18(17)25-2)3-7-16(21)14-10-13(5-6-15(14)20)26-11-19(22)23/h4-6,8-10,16,21H,3,7,11H2,1-2H3,(H,22,23)/t16-/m1/s1. The second kappa shape index (κ2) is 9.05. The summed E-state index contributed by atoms with van der Waals surface area (Å²) in [6, 6.07) is 9.19. The fourth-order valence-corrected chi connectivity index (χ4v) is 2.51. The normalized spacial score (nSPS) is 11.7. The Morgan fingerprint density at radius 1 is 1.12 bits per heavy atom. The van der Waals surface area contributed by atoms with Gasteiger partial charge in [-0.05, 0) is 48.7 Å².